The molecule has 0 aliphatic carbocycles. The van der Waals surface area contributed by atoms with Gasteiger partial charge in [0.1, 0.15) is 5.69 Å². The lowest BCUT2D eigenvalue weighted by molar-refractivity contribution is -0.183. The Hall–Kier alpha value is -2.04. The first-order valence-electron chi connectivity index (χ1n) is 6.63. The topological polar surface area (TPSA) is 48.4 Å². The molecule has 1 aliphatic rings. The van der Waals surface area contributed by atoms with Crippen LogP contribution in [0.3, 0.4) is 0 Å². The number of ketones is 1. The van der Waals surface area contributed by atoms with E-state index in [-0.39, 0.29) is 12.1 Å². The summed E-state index contributed by atoms with van der Waals surface area (Å²) in [7, 11) is 0. The number of nitrogens with zero attached hydrogens (tertiary/aromatic N) is 1. The Kier molecular flexibility index (Phi) is 3.85. The predicted octanol–water partition coefficient (Wildman–Crippen LogP) is 2.75. The molecule has 0 N–H and O–H groups in total. The standard InChI is InChI=1S/C16H15NO3/c18-15(14-4-1-2-9-17-14)12-5-7-13(8-6-12)16-19-10-3-11-20-16/h1-2,4-9,16H,3,10-11H2. The minimum absolute atomic E-state index is 0.0809. The minimum atomic E-state index is -0.317. The van der Waals surface area contributed by atoms with Crippen LogP contribution >= 0.6 is 0 Å². The number of pyridine rings is 1. The van der Waals surface area contributed by atoms with Crippen LogP contribution in [-0.4, -0.2) is 24.0 Å². The van der Waals surface area contributed by atoms with E-state index in [4.69, 9.17) is 9.47 Å². The summed E-state index contributed by atoms with van der Waals surface area (Å²) in [5.74, 6) is -0.0809. The maximum Gasteiger partial charge on any atom is 0.211 e. The van der Waals surface area contributed by atoms with Crippen molar-refractivity contribution in [2.75, 3.05) is 13.2 Å². The molecular formula is C16H15NO3. The number of hydrogen-bond acceptors (Lipinski definition) is 4. The van der Waals surface area contributed by atoms with Crippen molar-refractivity contribution in [2.45, 2.75) is 12.7 Å². The molecule has 3 rings (SSSR count). The molecule has 20 heavy (non-hydrogen) atoms. The van der Waals surface area contributed by atoms with Gasteiger partial charge in [-0.3, -0.25) is 9.78 Å². The number of carbonyl (C=O) groups is 1. The summed E-state index contributed by atoms with van der Waals surface area (Å²) in [6, 6.07) is 12.6. The average molecular weight is 269 g/mol. The van der Waals surface area contributed by atoms with Crippen LogP contribution in [0.2, 0.25) is 0 Å². The van der Waals surface area contributed by atoms with E-state index in [1.165, 1.54) is 0 Å². The van der Waals surface area contributed by atoms with Crippen LogP contribution in [0.25, 0.3) is 0 Å². The van der Waals surface area contributed by atoms with Gasteiger partial charge in [0.05, 0.1) is 13.2 Å². The molecular weight excluding hydrogens is 254 g/mol. The van der Waals surface area contributed by atoms with E-state index in [1.807, 2.05) is 12.1 Å². The highest BCUT2D eigenvalue weighted by Crippen LogP contribution is 2.23. The minimum Gasteiger partial charge on any atom is -0.348 e. The van der Waals surface area contributed by atoms with E-state index in [1.54, 1.807) is 36.5 Å². The lowest BCUT2D eigenvalue weighted by Gasteiger charge is -2.23. The lowest BCUT2D eigenvalue weighted by Crippen LogP contribution is -2.17. The zero-order valence-corrected chi connectivity index (χ0v) is 11.0. The first-order chi connectivity index (χ1) is 9.84. The van der Waals surface area contributed by atoms with Crippen molar-refractivity contribution in [3.05, 3.63) is 65.5 Å². The van der Waals surface area contributed by atoms with E-state index in [2.05, 4.69) is 4.98 Å². The van der Waals surface area contributed by atoms with Crippen LogP contribution in [-0.2, 0) is 9.47 Å². The number of hydrogen-bond donors (Lipinski definition) is 0. The van der Waals surface area contributed by atoms with Crippen molar-refractivity contribution in [2.24, 2.45) is 0 Å². The van der Waals surface area contributed by atoms with Gasteiger partial charge >= 0.3 is 0 Å². The highest BCUT2D eigenvalue weighted by atomic mass is 16.7. The monoisotopic (exact) mass is 269 g/mol. The van der Waals surface area contributed by atoms with Crippen LogP contribution in [0.1, 0.15) is 34.3 Å². The normalized spacial score (nSPS) is 16.0. The van der Waals surface area contributed by atoms with Crippen molar-refractivity contribution in [1.82, 2.24) is 4.98 Å². The second kappa shape index (κ2) is 5.94. The predicted molar refractivity (Wildman–Crippen MR) is 73.4 cm³/mol. The maximum atomic E-state index is 12.2. The number of aromatic nitrogens is 1. The van der Waals surface area contributed by atoms with Crippen molar-refractivity contribution >= 4 is 5.78 Å². The van der Waals surface area contributed by atoms with Gasteiger partial charge in [-0.25, -0.2) is 0 Å². The molecule has 4 nitrogen and oxygen atoms in total. The van der Waals surface area contributed by atoms with Crippen LogP contribution in [0.4, 0.5) is 0 Å². The molecule has 2 aromatic rings. The molecule has 1 aromatic carbocycles. The van der Waals surface area contributed by atoms with Gasteiger partial charge in [0.15, 0.2) is 6.29 Å². The zero-order valence-electron chi connectivity index (χ0n) is 11.0. The van der Waals surface area contributed by atoms with Gasteiger partial charge in [-0.2, -0.15) is 0 Å². The third kappa shape index (κ3) is 2.76. The van der Waals surface area contributed by atoms with Gasteiger partial charge in [0.25, 0.3) is 0 Å². The number of ether oxygens (including phenoxy) is 2. The van der Waals surface area contributed by atoms with E-state index < -0.39 is 0 Å². The zero-order chi connectivity index (χ0) is 13.8. The fourth-order valence-electron chi connectivity index (χ4n) is 2.12. The van der Waals surface area contributed by atoms with E-state index in [0.717, 1.165) is 12.0 Å². The Bertz CT molecular complexity index is 574. The molecule has 0 radical (unpaired) electrons. The summed E-state index contributed by atoms with van der Waals surface area (Å²) >= 11 is 0. The summed E-state index contributed by atoms with van der Waals surface area (Å²) in [5.41, 5.74) is 2.00. The number of rotatable bonds is 3. The highest BCUT2D eigenvalue weighted by Gasteiger charge is 2.17. The maximum absolute atomic E-state index is 12.2. The molecule has 1 fully saturated rings. The summed E-state index contributed by atoms with van der Waals surface area (Å²) < 4.78 is 11.1. The smallest absolute Gasteiger partial charge is 0.211 e. The Labute approximate surface area is 117 Å². The fourth-order valence-corrected chi connectivity index (χ4v) is 2.12. The molecule has 0 bridgehead atoms. The van der Waals surface area contributed by atoms with E-state index in [0.29, 0.717) is 24.5 Å². The van der Waals surface area contributed by atoms with Crippen LogP contribution in [0.5, 0.6) is 0 Å². The van der Waals surface area contributed by atoms with Crippen LogP contribution in [0.15, 0.2) is 48.7 Å². The Balaban J connectivity index is 1.77. The van der Waals surface area contributed by atoms with Gasteiger partial charge in [-0.05, 0) is 18.6 Å². The van der Waals surface area contributed by atoms with Crippen molar-refractivity contribution in [3.8, 4) is 0 Å². The van der Waals surface area contributed by atoms with Gasteiger partial charge in [-0.1, -0.05) is 30.3 Å². The SMILES string of the molecule is O=C(c1ccc(C2OCCCO2)cc1)c1ccccn1. The van der Waals surface area contributed by atoms with Crippen molar-refractivity contribution < 1.29 is 14.3 Å². The fraction of sp³-hybridized carbons (Fsp3) is 0.250. The summed E-state index contributed by atoms with van der Waals surface area (Å²) in [6.07, 6.45) is 2.22. The quantitative estimate of drug-likeness (QED) is 0.804. The first kappa shape index (κ1) is 13.0. The highest BCUT2D eigenvalue weighted by molar-refractivity contribution is 6.07. The molecule has 4 heteroatoms. The second-order valence-corrected chi connectivity index (χ2v) is 4.59. The summed E-state index contributed by atoms with van der Waals surface area (Å²) in [5, 5.41) is 0. The van der Waals surface area contributed by atoms with E-state index in [9.17, 15) is 4.79 Å². The van der Waals surface area contributed by atoms with Crippen LogP contribution < -0.4 is 0 Å². The van der Waals surface area contributed by atoms with Gasteiger partial charge < -0.3 is 9.47 Å². The molecule has 1 aliphatic heterocycles. The van der Waals surface area contributed by atoms with Crippen molar-refractivity contribution in [3.63, 3.8) is 0 Å². The first-order valence-corrected chi connectivity index (χ1v) is 6.63. The van der Waals surface area contributed by atoms with Gasteiger partial charge in [0, 0.05) is 17.3 Å². The Morgan fingerprint density at radius 1 is 1.05 bits per heavy atom. The van der Waals surface area contributed by atoms with Crippen LogP contribution in [0, 0.1) is 0 Å². The molecule has 0 spiro atoms. The molecule has 0 saturated carbocycles. The van der Waals surface area contributed by atoms with Gasteiger partial charge in [0.2, 0.25) is 5.78 Å². The Morgan fingerprint density at radius 2 is 1.80 bits per heavy atom. The summed E-state index contributed by atoms with van der Waals surface area (Å²) in [6.45, 7) is 1.42. The largest absolute Gasteiger partial charge is 0.348 e. The summed E-state index contributed by atoms with van der Waals surface area (Å²) in [4.78, 5) is 16.3. The molecule has 1 saturated heterocycles. The molecule has 0 atom stereocenters. The number of benzene rings is 1. The van der Waals surface area contributed by atoms with Crippen molar-refractivity contribution in [1.29, 1.82) is 0 Å². The number of carbonyl (C=O) groups excluding carboxylic acids is 1. The third-order valence-electron chi connectivity index (χ3n) is 3.17. The Morgan fingerprint density at radius 3 is 2.45 bits per heavy atom. The molecule has 1 aromatic heterocycles. The molecule has 0 amide bonds. The average Bonchev–Trinajstić information content (AvgIpc) is 2.56. The molecule has 2 heterocycles. The molecule has 102 valence electrons. The lowest BCUT2D eigenvalue weighted by atomic mass is 10.1. The molecule has 0 unspecified atom stereocenters. The van der Waals surface area contributed by atoms with E-state index >= 15 is 0 Å². The van der Waals surface area contributed by atoms with Gasteiger partial charge in [-0.15, -0.1) is 0 Å². The second-order valence-electron chi connectivity index (χ2n) is 4.59. The third-order valence-corrected chi connectivity index (χ3v) is 3.17.